The first-order valence-corrected chi connectivity index (χ1v) is 10.9. The molecule has 0 radical (unpaired) electrons. The van der Waals surface area contributed by atoms with Gasteiger partial charge in [-0.15, -0.1) is 0 Å². The molecule has 5 rings (SSSR count). The standard InChI is InChI=1S/C25H29N3O4/c1-16(30)28-14-25(15-28)13-27(11-17-4-6-18(31-2)7-5-17)22(12-29)24-23(25)20-9-8-19(32-3)10-21(20)26-24/h4-10,22,26,29H,11-15H2,1-3H3/t22-/m1/s1. The summed E-state index contributed by atoms with van der Waals surface area (Å²) < 4.78 is 10.7. The number of rotatable bonds is 5. The van der Waals surface area contributed by atoms with Gasteiger partial charge in [-0.2, -0.15) is 0 Å². The number of carbonyl (C=O) groups is 1. The molecule has 32 heavy (non-hydrogen) atoms. The summed E-state index contributed by atoms with van der Waals surface area (Å²) in [5, 5.41) is 11.6. The summed E-state index contributed by atoms with van der Waals surface area (Å²) in [5.41, 5.74) is 4.27. The molecule has 1 fully saturated rings. The van der Waals surface area contributed by atoms with Gasteiger partial charge in [-0.1, -0.05) is 12.1 Å². The zero-order valence-electron chi connectivity index (χ0n) is 18.7. The highest BCUT2D eigenvalue weighted by Gasteiger charge is 2.53. The molecule has 0 bridgehead atoms. The Kier molecular flexibility index (Phi) is 5.10. The molecule has 0 saturated carbocycles. The van der Waals surface area contributed by atoms with Crippen LogP contribution in [0.4, 0.5) is 0 Å². The van der Waals surface area contributed by atoms with Gasteiger partial charge in [-0.25, -0.2) is 0 Å². The van der Waals surface area contributed by atoms with Crippen LogP contribution in [0.3, 0.4) is 0 Å². The minimum atomic E-state index is -0.161. The van der Waals surface area contributed by atoms with Crippen LogP contribution in [0.25, 0.3) is 10.9 Å². The van der Waals surface area contributed by atoms with Gasteiger partial charge in [0.05, 0.1) is 26.9 Å². The second-order valence-corrected chi connectivity index (χ2v) is 8.93. The molecular weight excluding hydrogens is 406 g/mol. The van der Waals surface area contributed by atoms with Crippen molar-refractivity contribution in [3.05, 3.63) is 59.3 Å². The number of methoxy groups -OCH3 is 2. The van der Waals surface area contributed by atoms with Crippen molar-refractivity contribution < 1.29 is 19.4 Å². The van der Waals surface area contributed by atoms with Gasteiger partial charge in [0.15, 0.2) is 0 Å². The number of benzene rings is 2. The second-order valence-electron chi connectivity index (χ2n) is 8.93. The number of likely N-dealkylation sites (tertiary alicyclic amines) is 1. The Bertz CT molecular complexity index is 1150. The molecule has 0 unspecified atom stereocenters. The van der Waals surface area contributed by atoms with E-state index in [0.29, 0.717) is 19.6 Å². The van der Waals surface area contributed by atoms with Crippen LogP contribution in [-0.2, 0) is 16.8 Å². The number of nitrogens with one attached hydrogen (secondary N) is 1. The number of amides is 1. The van der Waals surface area contributed by atoms with Crippen molar-refractivity contribution in [3.8, 4) is 11.5 Å². The molecule has 168 valence electrons. The first kappa shape index (κ1) is 20.8. The van der Waals surface area contributed by atoms with Gasteiger partial charge >= 0.3 is 0 Å². The van der Waals surface area contributed by atoms with Gasteiger partial charge in [0.1, 0.15) is 11.5 Å². The maximum atomic E-state index is 12.0. The summed E-state index contributed by atoms with van der Waals surface area (Å²) in [6, 6.07) is 14.0. The van der Waals surface area contributed by atoms with Crippen LogP contribution in [0.2, 0.25) is 0 Å². The van der Waals surface area contributed by atoms with Crippen LogP contribution >= 0.6 is 0 Å². The Morgan fingerprint density at radius 3 is 2.41 bits per heavy atom. The predicted molar refractivity (Wildman–Crippen MR) is 122 cm³/mol. The van der Waals surface area contributed by atoms with Crippen LogP contribution in [0.15, 0.2) is 42.5 Å². The predicted octanol–water partition coefficient (Wildman–Crippen LogP) is 2.83. The zero-order chi connectivity index (χ0) is 22.5. The molecule has 1 atom stereocenters. The Hall–Kier alpha value is -3.03. The average molecular weight is 436 g/mol. The smallest absolute Gasteiger partial charge is 0.219 e. The molecule has 3 aromatic rings. The van der Waals surface area contributed by atoms with Gasteiger partial charge in [0.2, 0.25) is 5.91 Å². The quantitative estimate of drug-likeness (QED) is 0.645. The Morgan fingerprint density at radius 1 is 1.09 bits per heavy atom. The first-order chi connectivity index (χ1) is 15.5. The number of aliphatic hydroxyl groups excluding tert-OH is 1. The van der Waals surface area contributed by atoms with Crippen molar-refractivity contribution in [2.24, 2.45) is 0 Å². The largest absolute Gasteiger partial charge is 0.497 e. The lowest BCUT2D eigenvalue weighted by molar-refractivity contribution is -0.138. The molecule has 1 aromatic heterocycles. The topological polar surface area (TPSA) is 78.0 Å². The Morgan fingerprint density at radius 2 is 1.78 bits per heavy atom. The molecule has 7 heteroatoms. The highest BCUT2D eigenvalue weighted by Crippen LogP contribution is 2.48. The minimum Gasteiger partial charge on any atom is -0.497 e. The van der Waals surface area contributed by atoms with E-state index in [9.17, 15) is 9.90 Å². The maximum Gasteiger partial charge on any atom is 0.219 e. The van der Waals surface area contributed by atoms with E-state index in [1.165, 1.54) is 5.56 Å². The molecule has 1 saturated heterocycles. The van der Waals surface area contributed by atoms with E-state index in [0.717, 1.165) is 40.2 Å². The summed E-state index contributed by atoms with van der Waals surface area (Å²) in [6.07, 6.45) is 0. The third-order valence-electron chi connectivity index (χ3n) is 6.99. The van der Waals surface area contributed by atoms with E-state index in [1.807, 2.05) is 29.2 Å². The number of aromatic nitrogens is 1. The molecule has 2 aliphatic heterocycles. The number of aromatic amines is 1. The summed E-state index contributed by atoms with van der Waals surface area (Å²) in [4.78, 5) is 19.9. The number of ether oxygens (including phenoxy) is 2. The molecule has 2 aromatic carbocycles. The lowest BCUT2D eigenvalue weighted by atomic mass is 9.68. The van der Waals surface area contributed by atoms with Crippen LogP contribution < -0.4 is 9.47 Å². The van der Waals surface area contributed by atoms with E-state index in [4.69, 9.17) is 9.47 Å². The second kappa shape index (κ2) is 7.83. The maximum absolute atomic E-state index is 12.0. The van der Waals surface area contributed by atoms with Crippen molar-refractivity contribution in [1.82, 2.24) is 14.8 Å². The van der Waals surface area contributed by atoms with E-state index in [1.54, 1.807) is 21.1 Å². The lowest BCUT2D eigenvalue weighted by Gasteiger charge is -2.56. The number of hydrogen-bond donors (Lipinski definition) is 2. The third-order valence-corrected chi connectivity index (χ3v) is 6.99. The van der Waals surface area contributed by atoms with Crippen molar-refractivity contribution in [3.63, 3.8) is 0 Å². The van der Waals surface area contributed by atoms with Gasteiger partial charge in [-0.05, 0) is 35.4 Å². The van der Waals surface area contributed by atoms with Crippen LogP contribution in [0, 0.1) is 0 Å². The minimum absolute atomic E-state index is 0.0135. The van der Waals surface area contributed by atoms with Gasteiger partial charge in [0, 0.05) is 61.2 Å². The highest BCUT2D eigenvalue weighted by atomic mass is 16.5. The summed E-state index contributed by atoms with van der Waals surface area (Å²) >= 11 is 0. The number of hydrogen-bond acceptors (Lipinski definition) is 5. The third kappa shape index (κ3) is 3.24. The number of H-pyrrole nitrogens is 1. The fraction of sp³-hybridized carbons (Fsp3) is 0.400. The monoisotopic (exact) mass is 435 g/mol. The summed E-state index contributed by atoms with van der Waals surface area (Å²) in [6.45, 7) is 4.49. The van der Waals surface area contributed by atoms with Gasteiger partial charge in [0.25, 0.3) is 0 Å². The summed E-state index contributed by atoms with van der Waals surface area (Å²) in [7, 11) is 3.32. The van der Waals surface area contributed by atoms with Crippen molar-refractivity contribution in [2.45, 2.75) is 24.9 Å². The normalized spacial score (nSPS) is 19.6. The van der Waals surface area contributed by atoms with Gasteiger partial charge < -0.3 is 24.5 Å². The van der Waals surface area contributed by atoms with Crippen molar-refractivity contribution in [2.75, 3.05) is 40.5 Å². The Balaban J connectivity index is 1.58. The molecule has 0 aliphatic carbocycles. The molecular formula is C25H29N3O4. The fourth-order valence-corrected chi connectivity index (χ4v) is 5.41. The molecule has 1 spiro atoms. The average Bonchev–Trinajstić information content (AvgIpc) is 3.16. The molecule has 3 heterocycles. The lowest BCUT2D eigenvalue weighted by Crippen LogP contribution is -2.67. The zero-order valence-corrected chi connectivity index (χ0v) is 18.7. The van der Waals surface area contributed by atoms with Gasteiger partial charge in [-0.3, -0.25) is 9.69 Å². The fourth-order valence-electron chi connectivity index (χ4n) is 5.41. The van der Waals surface area contributed by atoms with E-state index in [-0.39, 0.29) is 24.0 Å². The van der Waals surface area contributed by atoms with Crippen molar-refractivity contribution in [1.29, 1.82) is 0 Å². The molecule has 7 nitrogen and oxygen atoms in total. The van der Waals surface area contributed by atoms with Crippen LogP contribution in [0.1, 0.15) is 29.8 Å². The Labute approximate surface area is 187 Å². The van der Waals surface area contributed by atoms with Crippen LogP contribution in [0.5, 0.6) is 11.5 Å². The van der Waals surface area contributed by atoms with E-state index in [2.05, 4.69) is 28.1 Å². The molecule has 1 amide bonds. The summed E-state index contributed by atoms with van der Waals surface area (Å²) in [5.74, 6) is 1.72. The molecule has 2 N–H and O–H groups in total. The SMILES string of the molecule is COc1ccc(CN2CC3(CN(C(C)=O)C3)c3c([nH]c4cc(OC)ccc34)[C@H]2CO)cc1. The van der Waals surface area contributed by atoms with E-state index >= 15 is 0 Å². The number of carbonyl (C=O) groups excluding carboxylic acids is 1. The molecule has 2 aliphatic rings. The number of aliphatic hydroxyl groups is 1. The van der Waals surface area contributed by atoms with Crippen molar-refractivity contribution >= 4 is 16.8 Å². The number of nitrogens with zero attached hydrogens (tertiary/aromatic N) is 2. The first-order valence-electron chi connectivity index (χ1n) is 10.9. The van der Waals surface area contributed by atoms with Crippen LogP contribution in [-0.4, -0.2) is 66.3 Å². The highest BCUT2D eigenvalue weighted by molar-refractivity contribution is 5.88. The van der Waals surface area contributed by atoms with E-state index < -0.39 is 0 Å². The number of fused-ring (bicyclic) bond motifs is 4.